The standard InChI is InChI=1S/C15H26N2O2/c1-13(15-4-3-11-19-15)16-7-10-17-8-5-14(6-9-17)12-18-2/h3-4,11,13-14,16H,5-10,12H2,1-2H3. The van der Waals surface area contributed by atoms with Crippen molar-refractivity contribution in [1.29, 1.82) is 0 Å². The number of ether oxygens (including phenoxy) is 1. The average Bonchev–Trinajstić information content (AvgIpc) is 2.95. The Hall–Kier alpha value is -0.840. The molecule has 1 fully saturated rings. The molecule has 1 N–H and O–H groups in total. The molecule has 108 valence electrons. The number of hydrogen-bond donors (Lipinski definition) is 1. The van der Waals surface area contributed by atoms with Crippen LogP contribution in [0, 0.1) is 5.92 Å². The van der Waals surface area contributed by atoms with Crippen LogP contribution in [0.1, 0.15) is 31.6 Å². The maximum atomic E-state index is 5.39. The van der Waals surface area contributed by atoms with Crippen molar-refractivity contribution in [2.75, 3.05) is 39.9 Å². The second kappa shape index (κ2) is 7.68. The van der Waals surface area contributed by atoms with Gasteiger partial charge in [0.2, 0.25) is 0 Å². The van der Waals surface area contributed by atoms with E-state index in [9.17, 15) is 0 Å². The first kappa shape index (κ1) is 14.6. The van der Waals surface area contributed by atoms with Crippen LogP contribution >= 0.6 is 0 Å². The van der Waals surface area contributed by atoms with Crippen LogP contribution < -0.4 is 5.32 Å². The van der Waals surface area contributed by atoms with Crippen LogP contribution in [0.25, 0.3) is 0 Å². The van der Waals surface area contributed by atoms with Gasteiger partial charge in [0, 0.05) is 26.8 Å². The number of furan rings is 1. The van der Waals surface area contributed by atoms with Crippen molar-refractivity contribution < 1.29 is 9.15 Å². The fraction of sp³-hybridized carbons (Fsp3) is 0.733. The lowest BCUT2D eigenvalue weighted by molar-refractivity contribution is 0.0995. The second-order valence-corrected chi connectivity index (χ2v) is 5.43. The highest BCUT2D eigenvalue weighted by Crippen LogP contribution is 2.17. The maximum Gasteiger partial charge on any atom is 0.120 e. The van der Waals surface area contributed by atoms with Gasteiger partial charge in [-0.1, -0.05) is 0 Å². The smallest absolute Gasteiger partial charge is 0.120 e. The molecular formula is C15H26N2O2. The first-order valence-corrected chi connectivity index (χ1v) is 7.27. The lowest BCUT2D eigenvalue weighted by Gasteiger charge is -2.31. The van der Waals surface area contributed by atoms with Gasteiger partial charge in [0.25, 0.3) is 0 Å². The number of nitrogens with zero attached hydrogens (tertiary/aromatic N) is 1. The highest BCUT2D eigenvalue weighted by Gasteiger charge is 2.18. The summed E-state index contributed by atoms with van der Waals surface area (Å²) < 4.78 is 10.6. The lowest BCUT2D eigenvalue weighted by Crippen LogP contribution is -2.39. The van der Waals surface area contributed by atoms with Crippen molar-refractivity contribution >= 4 is 0 Å². The Bertz CT molecular complexity index is 332. The highest BCUT2D eigenvalue weighted by atomic mass is 16.5. The third kappa shape index (κ3) is 4.64. The number of nitrogens with one attached hydrogen (secondary N) is 1. The van der Waals surface area contributed by atoms with Crippen molar-refractivity contribution in [2.45, 2.75) is 25.8 Å². The van der Waals surface area contributed by atoms with Crippen molar-refractivity contribution in [3.8, 4) is 0 Å². The molecule has 0 aromatic carbocycles. The van der Waals surface area contributed by atoms with E-state index < -0.39 is 0 Å². The SMILES string of the molecule is COCC1CCN(CCNC(C)c2ccco2)CC1. The minimum atomic E-state index is 0.293. The Kier molecular flexibility index (Phi) is 5.89. The molecule has 0 aliphatic carbocycles. The normalized spacial score (nSPS) is 19.7. The van der Waals surface area contributed by atoms with E-state index >= 15 is 0 Å². The number of piperidine rings is 1. The molecule has 0 saturated carbocycles. The van der Waals surface area contributed by atoms with E-state index in [4.69, 9.17) is 9.15 Å². The summed E-state index contributed by atoms with van der Waals surface area (Å²) in [6.07, 6.45) is 4.26. The van der Waals surface area contributed by atoms with E-state index in [2.05, 4.69) is 17.1 Å². The summed E-state index contributed by atoms with van der Waals surface area (Å²) in [5, 5.41) is 3.51. The zero-order valence-electron chi connectivity index (χ0n) is 12.1. The monoisotopic (exact) mass is 266 g/mol. The van der Waals surface area contributed by atoms with Crippen molar-refractivity contribution in [2.24, 2.45) is 5.92 Å². The van der Waals surface area contributed by atoms with Crippen LogP contribution in [-0.4, -0.2) is 44.8 Å². The first-order chi connectivity index (χ1) is 9.29. The largest absolute Gasteiger partial charge is 0.468 e. The zero-order chi connectivity index (χ0) is 13.5. The molecule has 1 aliphatic rings. The summed E-state index contributed by atoms with van der Waals surface area (Å²) in [6, 6.07) is 4.25. The van der Waals surface area contributed by atoms with Gasteiger partial charge in [-0.15, -0.1) is 0 Å². The fourth-order valence-electron chi connectivity index (χ4n) is 2.69. The van der Waals surface area contributed by atoms with Crippen molar-refractivity contribution in [3.05, 3.63) is 24.2 Å². The number of hydrogen-bond acceptors (Lipinski definition) is 4. The summed E-state index contributed by atoms with van der Waals surface area (Å²) in [6.45, 7) is 7.59. The third-order valence-corrected chi connectivity index (χ3v) is 3.96. The van der Waals surface area contributed by atoms with Gasteiger partial charge in [-0.2, -0.15) is 0 Å². The van der Waals surface area contributed by atoms with Crippen molar-refractivity contribution in [1.82, 2.24) is 10.2 Å². The number of rotatable bonds is 7. The Morgan fingerprint density at radius 2 is 2.26 bits per heavy atom. The van der Waals surface area contributed by atoms with Gasteiger partial charge in [0.15, 0.2) is 0 Å². The summed E-state index contributed by atoms with van der Waals surface area (Å²) in [5.74, 6) is 1.77. The molecule has 1 aromatic rings. The summed E-state index contributed by atoms with van der Waals surface area (Å²) in [5.41, 5.74) is 0. The van der Waals surface area contributed by atoms with Gasteiger partial charge in [-0.25, -0.2) is 0 Å². The van der Waals surface area contributed by atoms with E-state index in [-0.39, 0.29) is 0 Å². The topological polar surface area (TPSA) is 37.6 Å². The van der Waals surface area contributed by atoms with Gasteiger partial charge < -0.3 is 19.4 Å². The number of likely N-dealkylation sites (tertiary alicyclic amines) is 1. The van der Waals surface area contributed by atoms with Gasteiger partial charge in [-0.05, 0) is 50.9 Å². The molecule has 4 heteroatoms. The second-order valence-electron chi connectivity index (χ2n) is 5.43. The van der Waals surface area contributed by atoms with E-state index in [1.807, 2.05) is 12.1 Å². The van der Waals surface area contributed by atoms with E-state index in [1.54, 1.807) is 13.4 Å². The Morgan fingerprint density at radius 3 is 2.89 bits per heavy atom. The molecular weight excluding hydrogens is 240 g/mol. The van der Waals surface area contributed by atoms with Crippen LogP contribution in [0.5, 0.6) is 0 Å². The molecule has 1 aliphatic heterocycles. The fourth-order valence-corrected chi connectivity index (χ4v) is 2.69. The van der Waals surface area contributed by atoms with Crippen LogP contribution in [0.2, 0.25) is 0 Å². The predicted octanol–water partition coefficient (Wildman–Crippen LogP) is 2.29. The molecule has 4 nitrogen and oxygen atoms in total. The molecule has 0 radical (unpaired) electrons. The summed E-state index contributed by atoms with van der Waals surface area (Å²) in [4.78, 5) is 2.54. The summed E-state index contributed by atoms with van der Waals surface area (Å²) in [7, 11) is 1.80. The van der Waals surface area contributed by atoms with Gasteiger partial charge in [-0.3, -0.25) is 0 Å². The number of methoxy groups -OCH3 is 1. The molecule has 1 aromatic heterocycles. The Morgan fingerprint density at radius 1 is 1.47 bits per heavy atom. The van der Waals surface area contributed by atoms with E-state index in [0.717, 1.165) is 31.4 Å². The maximum absolute atomic E-state index is 5.39. The molecule has 2 heterocycles. The molecule has 0 bridgehead atoms. The van der Waals surface area contributed by atoms with Gasteiger partial charge in [0.05, 0.1) is 12.3 Å². The van der Waals surface area contributed by atoms with Crippen LogP contribution in [-0.2, 0) is 4.74 Å². The van der Waals surface area contributed by atoms with Gasteiger partial charge >= 0.3 is 0 Å². The molecule has 1 unspecified atom stereocenters. The minimum Gasteiger partial charge on any atom is -0.468 e. The summed E-state index contributed by atoms with van der Waals surface area (Å²) >= 11 is 0. The lowest BCUT2D eigenvalue weighted by atomic mass is 9.98. The molecule has 0 amide bonds. The zero-order valence-corrected chi connectivity index (χ0v) is 12.1. The highest BCUT2D eigenvalue weighted by molar-refractivity contribution is 5.02. The molecule has 19 heavy (non-hydrogen) atoms. The predicted molar refractivity (Wildman–Crippen MR) is 76.2 cm³/mol. The molecule has 2 rings (SSSR count). The third-order valence-electron chi connectivity index (χ3n) is 3.96. The quantitative estimate of drug-likeness (QED) is 0.821. The van der Waals surface area contributed by atoms with Crippen LogP contribution in [0.3, 0.4) is 0 Å². The first-order valence-electron chi connectivity index (χ1n) is 7.27. The van der Waals surface area contributed by atoms with Crippen LogP contribution in [0.15, 0.2) is 22.8 Å². The van der Waals surface area contributed by atoms with E-state index in [1.165, 1.54) is 25.9 Å². The molecule has 1 saturated heterocycles. The average molecular weight is 266 g/mol. The molecule has 1 atom stereocenters. The van der Waals surface area contributed by atoms with E-state index in [0.29, 0.717) is 6.04 Å². The van der Waals surface area contributed by atoms with Crippen molar-refractivity contribution in [3.63, 3.8) is 0 Å². The Labute approximate surface area is 116 Å². The van der Waals surface area contributed by atoms with Crippen LogP contribution in [0.4, 0.5) is 0 Å². The molecule has 0 spiro atoms. The van der Waals surface area contributed by atoms with Gasteiger partial charge in [0.1, 0.15) is 5.76 Å². The Balaban J connectivity index is 1.59. The minimum absolute atomic E-state index is 0.293.